The molecule has 0 radical (unpaired) electrons. The normalized spacial score (nSPS) is 12.5. The lowest BCUT2D eigenvalue weighted by molar-refractivity contribution is 0.413. The number of methoxy groups -OCH3 is 1. The maximum absolute atomic E-state index is 5.34. The lowest BCUT2D eigenvalue weighted by atomic mass is 9.99. The molecule has 0 fully saturated rings. The Kier molecular flexibility index (Phi) is 4.18. The van der Waals surface area contributed by atoms with Gasteiger partial charge in [0.1, 0.15) is 5.75 Å². The van der Waals surface area contributed by atoms with Gasteiger partial charge in [-0.05, 0) is 47.3 Å². The standard InChI is InChI=1S/C17H18N2OS/c1-3-18-17(12-5-4-6-14(9-12)20-2)13-10-16-15(19-11-13)7-8-21-16/h4-11,17-18H,3H2,1-2H3. The smallest absolute Gasteiger partial charge is 0.119 e. The van der Waals surface area contributed by atoms with Crippen molar-refractivity contribution in [2.45, 2.75) is 13.0 Å². The van der Waals surface area contributed by atoms with Crippen molar-refractivity contribution in [3.05, 3.63) is 59.1 Å². The summed E-state index contributed by atoms with van der Waals surface area (Å²) in [5, 5.41) is 5.61. The van der Waals surface area contributed by atoms with Gasteiger partial charge in [0.25, 0.3) is 0 Å². The number of benzene rings is 1. The van der Waals surface area contributed by atoms with Crippen LogP contribution in [0, 0.1) is 0 Å². The molecule has 1 aromatic carbocycles. The van der Waals surface area contributed by atoms with Gasteiger partial charge in [-0.1, -0.05) is 19.1 Å². The number of rotatable bonds is 5. The molecule has 3 rings (SSSR count). The molecule has 0 aliphatic carbocycles. The van der Waals surface area contributed by atoms with Gasteiger partial charge in [0.05, 0.1) is 23.4 Å². The molecule has 0 saturated carbocycles. The molecule has 21 heavy (non-hydrogen) atoms. The van der Waals surface area contributed by atoms with Crippen molar-refractivity contribution in [1.29, 1.82) is 0 Å². The molecule has 0 aliphatic rings. The quantitative estimate of drug-likeness (QED) is 0.773. The number of nitrogens with zero attached hydrogens (tertiary/aromatic N) is 1. The summed E-state index contributed by atoms with van der Waals surface area (Å²) in [5.74, 6) is 0.876. The first-order valence-electron chi connectivity index (χ1n) is 7.02. The second-order valence-corrected chi connectivity index (χ2v) is 5.79. The highest BCUT2D eigenvalue weighted by molar-refractivity contribution is 7.17. The number of hydrogen-bond acceptors (Lipinski definition) is 4. The van der Waals surface area contributed by atoms with E-state index in [1.165, 1.54) is 15.8 Å². The highest BCUT2D eigenvalue weighted by Crippen LogP contribution is 2.28. The summed E-state index contributed by atoms with van der Waals surface area (Å²) in [6.07, 6.45) is 1.96. The van der Waals surface area contributed by atoms with Crippen LogP contribution in [0.5, 0.6) is 5.75 Å². The van der Waals surface area contributed by atoms with Crippen molar-refractivity contribution in [2.75, 3.05) is 13.7 Å². The van der Waals surface area contributed by atoms with Crippen molar-refractivity contribution in [1.82, 2.24) is 10.3 Å². The third-order valence-corrected chi connectivity index (χ3v) is 4.35. The fraction of sp³-hybridized carbons (Fsp3) is 0.235. The molecule has 0 saturated heterocycles. The summed E-state index contributed by atoms with van der Waals surface area (Å²) in [6, 6.07) is 12.6. The number of aromatic nitrogens is 1. The molecule has 3 aromatic rings. The van der Waals surface area contributed by atoms with E-state index in [1.807, 2.05) is 18.3 Å². The highest BCUT2D eigenvalue weighted by atomic mass is 32.1. The minimum atomic E-state index is 0.129. The second-order valence-electron chi connectivity index (χ2n) is 4.84. The van der Waals surface area contributed by atoms with Crippen LogP contribution in [0.3, 0.4) is 0 Å². The van der Waals surface area contributed by atoms with Gasteiger partial charge in [-0.15, -0.1) is 11.3 Å². The van der Waals surface area contributed by atoms with E-state index in [4.69, 9.17) is 4.74 Å². The molecular weight excluding hydrogens is 280 g/mol. The molecule has 2 heterocycles. The Balaban J connectivity index is 2.03. The first-order valence-corrected chi connectivity index (χ1v) is 7.90. The predicted molar refractivity (Wildman–Crippen MR) is 88.1 cm³/mol. The second kappa shape index (κ2) is 6.24. The molecule has 0 spiro atoms. The SMILES string of the molecule is CCNC(c1cccc(OC)c1)c1cnc2ccsc2c1. The van der Waals surface area contributed by atoms with Gasteiger partial charge in [-0.2, -0.15) is 0 Å². The molecule has 4 heteroatoms. The molecular formula is C17H18N2OS. The zero-order valence-electron chi connectivity index (χ0n) is 12.2. The zero-order valence-corrected chi connectivity index (χ0v) is 13.0. The van der Waals surface area contributed by atoms with Gasteiger partial charge in [0, 0.05) is 6.20 Å². The number of fused-ring (bicyclic) bond motifs is 1. The summed E-state index contributed by atoms with van der Waals surface area (Å²) >= 11 is 1.72. The molecule has 1 unspecified atom stereocenters. The van der Waals surface area contributed by atoms with E-state index in [0.717, 1.165) is 17.8 Å². The minimum Gasteiger partial charge on any atom is -0.497 e. The van der Waals surface area contributed by atoms with Crippen LogP contribution in [0.25, 0.3) is 10.2 Å². The first kappa shape index (κ1) is 14.0. The van der Waals surface area contributed by atoms with E-state index < -0.39 is 0 Å². The maximum Gasteiger partial charge on any atom is 0.119 e. The monoisotopic (exact) mass is 298 g/mol. The van der Waals surface area contributed by atoms with E-state index >= 15 is 0 Å². The Morgan fingerprint density at radius 3 is 2.95 bits per heavy atom. The van der Waals surface area contributed by atoms with E-state index in [2.05, 4.69) is 46.9 Å². The minimum absolute atomic E-state index is 0.129. The van der Waals surface area contributed by atoms with Crippen LogP contribution >= 0.6 is 11.3 Å². The van der Waals surface area contributed by atoms with Crippen LogP contribution in [-0.4, -0.2) is 18.6 Å². The van der Waals surface area contributed by atoms with Gasteiger partial charge in [0.2, 0.25) is 0 Å². The highest BCUT2D eigenvalue weighted by Gasteiger charge is 2.15. The Morgan fingerprint density at radius 2 is 2.14 bits per heavy atom. The summed E-state index contributed by atoms with van der Waals surface area (Å²) < 4.78 is 6.56. The van der Waals surface area contributed by atoms with Crippen molar-refractivity contribution >= 4 is 21.6 Å². The average Bonchev–Trinajstić information content (AvgIpc) is 3.00. The number of thiophene rings is 1. The van der Waals surface area contributed by atoms with Gasteiger partial charge in [-0.3, -0.25) is 4.98 Å². The molecule has 1 atom stereocenters. The van der Waals surface area contributed by atoms with Crippen LogP contribution in [-0.2, 0) is 0 Å². The van der Waals surface area contributed by atoms with Crippen molar-refractivity contribution in [2.24, 2.45) is 0 Å². The topological polar surface area (TPSA) is 34.1 Å². The number of hydrogen-bond donors (Lipinski definition) is 1. The fourth-order valence-electron chi connectivity index (χ4n) is 2.47. The Hall–Kier alpha value is -1.91. The molecule has 1 N–H and O–H groups in total. The fourth-order valence-corrected chi connectivity index (χ4v) is 3.26. The molecule has 0 bridgehead atoms. The third-order valence-electron chi connectivity index (χ3n) is 3.49. The average molecular weight is 298 g/mol. The lowest BCUT2D eigenvalue weighted by Crippen LogP contribution is -2.22. The lowest BCUT2D eigenvalue weighted by Gasteiger charge is -2.19. The zero-order chi connectivity index (χ0) is 14.7. The number of ether oxygens (including phenoxy) is 1. The Labute approximate surface area is 128 Å². The number of pyridine rings is 1. The predicted octanol–water partition coefficient (Wildman–Crippen LogP) is 4.00. The summed E-state index contributed by atoms with van der Waals surface area (Å²) in [6.45, 7) is 3.01. The van der Waals surface area contributed by atoms with E-state index in [9.17, 15) is 0 Å². The summed E-state index contributed by atoms with van der Waals surface area (Å²) in [5.41, 5.74) is 3.43. The first-order chi connectivity index (χ1) is 10.3. The van der Waals surface area contributed by atoms with Gasteiger partial charge in [0.15, 0.2) is 0 Å². The van der Waals surface area contributed by atoms with E-state index in [0.29, 0.717) is 0 Å². The Bertz CT molecular complexity index is 738. The van der Waals surface area contributed by atoms with Crippen LogP contribution in [0.1, 0.15) is 24.1 Å². The van der Waals surface area contributed by atoms with Gasteiger partial charge < -0.3 is 10.1 Å². The van der Waals surface area contributed by atoms with Crippen molar-refractivity contribution in [3.63, 3.8) is 0 Å². The largest absolute Gasteiger partial charge is 0.497 e. The van der Waals surface area contributed by atoms with Crippen LogP contribution < -0.4 is 10.1 Å². The van der Waals surface area contributed by atoms with Crippen LogP contribution in [0.15, 0.2) is 48.0 Å². The molecule has 108 valence electrons. The molecule has 2 aromatic heterocycles. The molecule has 0 amide bonds. The molecule has 0 aliphatic heterocycles. The van der Waals surface area contributed by atoms with Crippen LogP contribution in [0.4, 0.5) is 0 Å². The Morgan fingerprint density at radius 1 is 1.24 bits per heavy atom. The van der Waals surface area contributed by atoms with Crippen molar-refractivity contribution in [3.8, 4) is 5.75 Å². The third kappa shape index (κ3) is 2.91. The number of nitrogens with one attached hydrogen (secondary N) is 1. The molecule has 3 nitrogen and oxygen atoms in total. The van der Waals surface area contributed by atoms with E-state index in [-0.39, 0.29) is 6.04 Å². The van der Waals surface area contributed by atoms with Gasteiger partial charge in [-0.25, -0.2) is 0 Å². The van der Waals surface area contributed by atoms with Gasteiger partial charge >= 0.3 is 0 Å². The van der Waals surface area contributed by atoms with Crippen LogP contribution in [0.2, 0.25) is 0 Å². The van der Waals surface area contributed by atoms with E-state index in [1.54, 1.807) is 18.4 Å². The summed E-state index contributed by atoms with van der Waals surface area (Å²) in [7, 11) is 1.70. The maximum atomic E-state index is 5.34. The summed E-state index contributed by atoms with van der Waals surface area (Å²) in [4.78, 5) is 4.55. The van der Waals surface area contributed by atoms with Crippen molar-refractivity contribution < 1.29 is 4.74 Å².